The number of alkyl halides is 3. The Morgan fingerprint density at radius 2 is 2.04 bits per heavy atom. The Morgan fingerprint density at radius 3 is 2.65 bits per heavy atom. The van der Waals surface area contributed by atoms with Gasteiger partial charge in [0.15, 0.2) is 18.2 Å². The molecule has 140 valence electrons. The Hall–Kier alpha value is -2.84. The van der Waals surface area contributed by atoms with E-state index in [4.69, 9.17) is 4.74 Å². The molecule has 0 saturated carbocycles. The van der Waals surface area contributed by atoms with Gasteiger partial charge in [-0.15, -0.1) is 0 Å². The summed E-state index contributed by atoms with van der Waals surface area (Å²) in [6, 6.07) is 6.25. The molecule has 9 heteroatoms. The van der Waals surface area contributed by atoms with Crippen LogP contribution in [-0.2, 0) is 0 Å². The van der Waals surface area contributed by atoms with E-state index in [2.05, 4.69) is 15.0 Å². The third-order valence-corrected chi connectivity index (χ3v) is 3.41. The Kier molecular flexibility index (Phi) is 6.01. The number of hydrogen-bond donors (Lipinski definition) is 1. The Balaban J connectivity index is 2.13. The minimum atomic E-state index is -4.56. The number of ether oxygens (including phenoxy) is 2. The summed E-state index contributed by atoms with van der Waals surface area (Å²) in [5, 5.41) is 2.57. The Morgan fingerprint density at radius 1 is 1.31 bits per heavy atom. The van der Waals surface area contributed by atoms with Gasteiger partial charge in [0.1, 0.15) is 5.56 Å². The fourth-order valence-electron chi connectivity index (χ4n) is 2.14. The number of aromatic nitrogens is 1. The molecule has 1 aromatic heterocycles. The summed E-state index contributed by atoms with van der Waals surface area (Å²) >= 11 is 0. The lowest BCUT2D eigenvalue weighted by Crippen LogP contribution is -2.28. The van der Waals surface area contributed by atoms with Crippen LogP contribution in [-0.4, -0.2) is 30.8 Å². The van der Waals surface area contributed by atoms with Crippen molar-refractivity contribution in [1.29, 1.82) is 0 Å². The maximum atomic E-state index is 13.8. The van der Waals surface area contributed by atoms with Crippen LogP contribution in [0.1, 0.15) is 28.9 Å². The van der Waals surface area contributed by atoms with Crippen molar-refractivity contribution < 1.29 is 31.8 Å². The number of nitrogens with zero attached hydrogens (tertiary/aromatic N) is 1. The van der Waals surface area contributed by atoms with Gasteiger partial charge in [0, 0.05) is 6.20 Å². The van der Waals surface area contributed by atoms with Gasteiger partial charge in [-0.2, -0.15) is 13.2 Å². The SMILES string of the molecule is COc1ccc(C(C)NC(=O)c2cccnc2OCC(F)(F)F)cc1F. The average molecular weight is 372 g/mol. The van der Waals surface area contributed by atoms with Crippen LogP contribution >= 0.6 is 0 Å². The molecule has 1 N–H and O–H groups in total. The number of carbonyl (C=O) groups is 1. The molecular weight excluding hydrogens is 356 g/mol. The minimum absolute atomic E-state index is 0.0578. The van der Waals surface area contributed by atoms with E-state index in [9.17, 15) is 22.4 Å². The molecule has 26 heavy (non-hydrogen) atoms. The van der Waals surface area contributed by atoms with Gasteiger partial charge in [0.25, 0.3) is 5.91 Å². The monoisotopic (exact) mass is 372 g/mol. The molecule has 1 amide bonds. The second kappa shape index (κ2) is 8.03. The zero-order valence-electron chi connectivity index (χ0n) is 13.9. The van der Waals surface area contributed by atoms with Gasteiger partial charge in [-0.25, -0.2) is 9.37 Å². The van der Waals surface area contributed by atoms with E-state index in [0.717, 1.165) is 0 Å². The number of methoxy groups -OCH3 is 1. The molecule has 0 aliphatic heterocycles. The van der Waals surface area contributed by atoms with E-state index in [1.165, 1.54) is 37.6 Å². The number of carbonyl (C=O) groups excluding carboxylic acids is 1. The molecule has 2 aromatic rings. The largest absolute Gasteiger partial charge is 0.494 e. The van der Waals surface area contributed by atoms with Crippen molar-refractivity contribution in [2.24, 2.45) is 0 Å². The average Bonchev–Trinajstić information content (AvgIpc) is 2.59. The highest BCUT2D eigenvalue weighted by Crippen LogP contribution is 2.23. The van der Waals surface area contributed by atoms with Crippen LogP contribution in [0.4, 0.5) is 17.6 Å². The van der Waals surface area contributed by atoms with Crippen LogP contribution in [0, 0.1) is 5.82 Å². The van der Waals surface area contributed by atoms with Crippen LogP contribution in [0.25, 0.3) is 0 Å². The highest BCUT2D eigenvalue weighted by molar-refractivity contribution is 5.96. The predicted octanol–water partition coefficient (Wildman–Crippen LogP) is 3.66. The second-order valence-corrected chi connectivity index (χ2v) is 5.35. The Labute approximate surface area is 146 Å². The number of halogens is 4. The number of benzene rings is 1. The zero-order valence-corrected chi connectivity index (χ0v) is 13.9. The molecule has 0 aliphatic carbocycles. The van der Waals surface area contributed by atoms with Crippen molar-refractivity contribution in [2.45, 2.75) is 19.1 Å². The summed E-state index contributed by atoms with van der Waals surface area (Å²) in [6.45, 7) is 0.0370. The molecule has 0 saturated heterocycles. The van der Waals surface area contributed by atoms with Crippen LogP contribution in [0.15, 0.2) is 36.5 Å². The van der Waals surface area contributed by atoms with E-state index in [-0.39, 0.29) is 11.3 Å². The molecular formula is C17H16F4N2O3. The third kappa shape index (κ3) is 5.08. The number of nitrogens with one attached hydrogen (secondary N) is 1. The normalized spacial score (nSPS) is 12.4. The zero-order chi connectivity index (χ0) is 19.3. The fraction of sp³-hybridized carbons (Fsp3) is 0.294. The van der Waals surface area contributed by atoms with Crippen LogP contribution in [0.5, 0.6) is 11.6 Å². The molecule has 1 heterocycles. The summed E-state index contributed by atoms with van der Waals surface area (Å²) in [7, 11) is 1.33. The quantitative estimate of drug-likeness (QED) is 0.787. The first-order valence-electron chi connectivity index (χ1n) is 7.50. The summed E-state index contributed by atoms with van der Waals surface area (Å²) in [5.41, 5.74) is 0.302. The lowest BCUT2D eigenvalue weighted by molar-refractivity contribution is -0.154. The van der Waals surface area contributed by atoms with Crippen LogP contribution < -0.4 is 14.8 Å². The first kappa shape index (κ1) is 19.5. The van der Waals surface area contributed by atoms with E-state index in [1.807, 2.05) is 0 Å². The van der Waals surface area contributed by atoms with E-state index in [0.29, 0.717) is 5.56 Å². The highest BCUT2D eigenvalue weighted by Gasteiger charge is 2.29. The van der Waals surface area contributed by atoms with Gasteiger partial charge in [-0.05, 0) is 36.8 Å². The van der Waals surface area contributed by atoms with Crippen LogP contribution in [0.2, 0.25) is 0 Å². The minimum Gasteiger partial charge on any atom is -0.494 e. The van der Waals surface area contributed by atoms with Gasteiger partial charge in [-0.3, -0.25) is 4.79 Å². The van der Waals surface area contributed by atoms with E-state index >= 15 is 0 Å². The number of amides is 1. The molecule has 0 spiro atoms. The van der Waals surface area contributed by atoms with E-state index in [1.54, 1.807) is 13.0 Å². The summed E-state index contributed by atoms with van der Waals surface area (Å²) in [4.78, 5) is 16.0. The molecule has 1 atom stereocenters. The van der Waals surface area contributed by atoms with Gasteiger partial charge < -0.3 is 14.8 Å². The van der Waals surface area contributed by atoms with Crippen molar-refractivity contribution in [1.82, 2.24) is 10.3 Å². The first-order chi connectivity index (χ1) is 12.2. The molecule has 1 unspecified atom stereocenters. The third-order valence-electron chi connectivity index (χ3n) is 3.41. The van der Waals surface area contributed by atoms with Gasteiger partial charge >= 0.3 is 6.18 Å². The number of rotatable bonds is 6. The summed E-state index contributed by atoms with van der Waals surface area (Å²) in [6.07, 6.45) is -3.34. The van der Waals surface area contributed by atoms with Gasteiger partial charge in [0.05, 0.1) is 13.2 Å². The second-order valence-electron chi connectivity index (χ2n) is 5.35. The van der Waals surface area contributed by atoms with Crippen molar-refractivity contribution in [3.05, 3.63) is 53.5 Å². The maximum Gasteiger partial charge on any atom is 0.422 e. The molecule has 0 fully saturated rings. The van der Waals surface area contributed by atoms with Gasteiger partial charge in [-0.1, -0.05) is 6.07 Å². The van der Waals surface area contributed by atoms with Crippen molar-refractivity contribution in [2.75, 3.05) is 13.7 Å². The molecule has 0 bridgehead atoms. The molecule has 0 radical (unpaired) electrons. The maximum absolute atomic E-state index is 13.8. The molecule has 0 aliphatic rings. The number of hydrogen-bond acceptors (Lipinski definition) is 4. The number of pyridine rings is 1. The standard InChI is InChI=1S/C17H16F4N2O3/c1-10(11-5-6-14(25-2)13(18)8-11)23-15(24)12-4-3-7-22-16(12)26-9-17(19,20)21/h3-8,10H,9H2,1-2H3,(H,23,24). The first-order valence-corrected chi connectivity index (χ1v) is 7.50. The van der Waals surface area contributed by atoms with Gasteiger partial charge in [0.2, 0.25) is 5.88 Å². The lowest BCUT2D eigenvalue weighted by Gasteiger charge is -2.17. The molecule has 1 aromatic carbocycles. The topological polar surface area (TPSA) is 60.5 Å². The predicted molar refractivity (Wildman–Crippen MR) is 84.6 cm³/mol. The lowest BCUT2D eigenvalue weighted by atomic mass is 10.1. The van der Waals surface area contributed by atoms with Crippen molar-refractivity contribution in [3.8, 4) is 11.6 Å². The van der Waals surface area contributed by atoms with Crippen molar-refractivity contribution >= 4 is 5.91 Å². The summed E-state index contributed by atoms with van der Waals surface area (Å²) < 4.78 is 60.1. The molecule has 5 nitrogen and oxygen atoms in total. The van der Waals surface area contributed by atoms with Crippen molar-refractivity contribution in [3.63, 3.8) is 0 Å². The summed E-state index contributed by atoms with van der Waals surface area (Å²) in [5.74, 6) is -1.67. The van der Waals surface area contributed by atoms with E-state index < -0.39 is 36.4 Å². The molecule has 2 rings (SSSR count). The smallest absolute Gasteiger partial charge is 0.422 e. The van der Waals surface area contributed by atoms with Crippen LogP contribution in [0.3, 0.4) is 0 Å². The highest BCUT2D eigenvalue weighted by atomic mass is 19.4. The Bertz CT molecular complexity index is 781. The fourth-order valence-corrected chi connectivity index (χ4v) is 2.14.